The van der Waals surface area contributed by atoms with E-state index >= 15 is 0 Å². The number of carbonyl (C=O) groups excluding carboxylic acids is 1. The van der Waals surface area contributed by atoms with Crippen molar-refractivity contribution >= 4 is 5.91 Å². The maximum Gasteiger partial charge on any atom is 0.253 e. The van der Waals surface area contributed by atoms with Crippen molar-refractivity contribution in [1.82, 2.24) is 4.90 Å². The molecule has 0 atom stereocenters. The molecule has 3 rings (SSSR count). The van der Waals surface area contributed by atoms with E-state index in [1.54, 1.807) is 18.1 Å². The van der Waals surface area contributed by atoms with Gasteiger partial charge in [0.05, 0.1) is 7.11 Å². The fourth-order valence-electron chi connectivity index (χ4n) is 3.35. The van der Waals surface area contributed by atoms with Crippen molar-refractivity contribution in [2.75, 3.05) is 14.2 Å². The van der Waals surface area contributed by atoms with E-state index < -0.39 is 0 Å². The molecule has 4 nitrogen and oxygen atoms in total. The number of aryl methyl sites for hydroxylation is 2. The van der Waals surface area contributed by atoms with Gasteiger partial charge in [0.1, 0.15) is 18.1 Å². The van der Waals surface area contributed by atoms with E-state index in [0.29, 0.717) is 24.5 Å². The molecule has 0 saturated heterocycles. The minimum Gasteiger partial charge on any atom is -0.496 e. The zero-order chi connectivity index (χ0) is 20.8. The molecule has 3 aromatic carbocycles. The highest BCUT2D eigenvalue weighted by Crippen LogP contribution is 2.24. The van der Waals surface area contributed by atoms with Crippen molar-refractivity contribution in [2.45, 2.75) is 27.0 Å². The van der Waals surface area contributed by atoms with Crippen LogP contribution in [0, 0.1) is 13.8 Å². The number of amides is 1. The van der Waals surface area contributed by atoms with Crippen LogP contribution < -0.4 is 9.47 Å². The van der Waals surface area contributed by atoms with Gasteiger partial charge >= 0.3 is 0 Å². The third-order valence-electron chi connectivity index (χ3n) is 4.73. The first-order valence-corrected chi connectivity index (χ1v) is 9.63. The molecule has 0 unspecified atom stereocenters. The van der Waals surface area contributed by atoms with Crippen molar-refractivity contribution < 1.29 is 14.3 Å². The van der Waals surface area contributed by atoms with Gasteiger partial charge < -0.3 is 14.4 Å². The molecule has 0 aromatic heterocycles. The summed E-state index contributed by atoms with van der Waals surface area (Å²) in [5, 5.41) is 0. The minimum atomic E-state index is -0.0378. The van der Waals surface area contributed by atoms with E-state index in [9.17, 15) is 4.79 Å². The largest absolute Gasteiger partial charge is 0.496 e. The molecule has 0 aliphatic rings. The van der Waals surface area contributed by atoms with Crippen LogP contribution >= 0.6 is 0 Å². The summed E-state index contributed by atoms with van der Waals surface area (Å²) in [7, 11) is 3.43. The molecular formula is C25H27NO3. The Morgan fingerprint density at radius 2 is 1.62 bits per heavy atom. The Hall–Kier alpha value is -3.27. The van der Waals surface area contributed by atoms with Crippen LogP contribution in [0.1, 0.15) is 32.6 Å². The second kappa shape index (κ2) is 9.28. The van der Waals surface area contributed by atoms with Gasteiger partial charge in [0.15, 0.2) is 0 Å². The molecule has 0 heterocycles. The molecule has 0 spiro atoms. The van der Waals surface area contributed by atoms with E-state index in [1.807, 2.05) is 75.5 Å². The molecule has 150 valence electrons. The normalized spacial score (nSPS) is 10.5. The van der Waals surface area contributed by atoms with Crippen LogP contribution in [-0.4, -0.2) is 25.0 Å². The van der Waals surface area contributed by atoms with E-state index in [4.69, 9.17) is 9.47 Å². The van der Waals surface area contributed by atoms with Crippen molar-refractivity contribution in [3.63, 3.8) is 0 Å². The smallest absolute Gasteiger partial charge is 0.253 e. The Morgan fingerprint density at radius 1 is 0.931 bits per heavy atom. The lowest BCUT2D eigenvalue weighted by Crippen LogP contribution is -2.26. The van der Waals surface area contributed by atoms with Crippen LogP contribution in [0.4, 0.5) is 0 Å². The number of ether oxygens (including phenoxy) is 2. The number of nitrogens with zero attached hydrogens (tertiary/aromatic N) is 1. The molecule has 3 aromatic rings. The molecule has 0 N–H and O–H groups in total. The van der Waals surface area contributed by atoms with Crippen LogP contribution in [0.3, 0.4) is 0 Å². The van der Waals surface area contributed by atoms with Crippen molar-refractivity contribution in [1.29, 1.82) is 0 Å². The Kier molecular flexibility index (Phi) is 6.55. The summed E-state index contributed by atoms with van der Waals surface area (Å²) in [5.74, 6) is 1.48. The average Bonchev–Trinajstić information content (AvgIpc) is 2.71. The maximum atomic E-state index is 12.9. The first-order valence-electron chi connectivity index (χ1n) is 9.63. The van der Waals surface area contributed by atoms with Crippen LogP contribution in [0.25, 0.3) is 0 Å². The summed E-state index contributed by atoms with van der Waals surface area (Å²) < 4.78 is 11.4. The number of benzene rings is 3. The van der Waals surface area contributed by atoms with E-state index in [1.165, 1.54) is 0 Å². The molecule has 0 aliphatic heterocycles. The second-order valence-corrected chi connectivity index (χ2v) is 7.29. The molecule has 4 heteroatoms. The molecule has 0 bridgehead atoms. The molecule has 0 fully saturated rings. The summed E-state index contributed by atoms with van der Waals surface area (Å²) >= 11 is 0. The summed E-state index contributed by atoms with van der Waals surface area (Å²) in [5.41, 5.74) is 4.85. The number of hydrogen-bond donors (Lipinski definition) is 0. The summed E-state index contributed by atoms with van der Waals surface area (Å²) in [4.78, 5) is 14.6. The number of rotatable bonds is 7. The van der Waals surface area contributed by atoms with Gasteiger partial charge in [0, 0.05) is 24.7 Å². The summed E-state index contributed by atoms with van der Waals surface area (Å²) in [6.45, 7) is 4.97. The van der Waals surface area contributed by atoms with Crippen LogP contribution in [0.15, 0.2) is 66.7 Å². The predicted octanol–water partition coefficient (Wildman–Crippen LogP) is 5.16. The molecule has 1 amide bonds. The highest BCUT2D eigenvalue weighted by molar-refractivity contribution is 5.94. The lowest BCUT2D eigenvalue weighted by Gasteiger charge is -2.19. The monoisotopic (exact) mass is 389 g/mol. The Balaban J connectivity index is 1.76. The fourth-order valence-corrected chi connectivity index (χ4v) is 3.35. The van der Waals surface area contributed by atoms with Crippen molar-refractivity contribution in [3.8, 4) is 11.5 Å². The molecule has 29 heavy (non-hydrogen) atoms. The van der Waals surface area contributed by atoms with Crippen LogP contribution in [0.2, 0.25) is 0 Å². The number of methoxy groups -OCH3 is 1. The molecule has 0 aliphatic carbocycles. The quantitative estimate of drug-likeness (QED) is 0.560. The van der Waals surface area contributed by atoms with Gasteiger partial charge in [-0.1, -0.05) is 36.4 Å². The first-order chi connectivity index (χ1) is 14.0. The molecule has 0 radical (unpaired) electrons. The molecular weight excluding hydrogens is 362 g/mol. The lowest BCUT2D eigenvalue weighted by molar-refractivity contribution is 0.0785. The Morgan fingerprint density at radius 3 is 2.28 bits per heavy atom. The predicted molar refractivity (Wildman–Crippen MR) is 115 cm³/mol. The van der Waals surface area contributed by atoms with Crippen molar-refractivity contribution in [3.05, 3.63) is 94.5 Å². The summed E-state index contributed by atoms with van der Waals surface area (Å²) in [6, 6.07) is 21.5. The van der Waals surface area contributed by atoms with Crippen LogP contribution in [0.5, 0.6) is 11.5 Å². The van der Waals surface area contributed by atoms with Gasteiger partial charge in [-0.2, -0.15) is 0 Å². The standard InChI is InChI=1S/C25H27NO3/c1-18-12-19(2)14-23(13-18)29-17-22-15-21(10-11-24(22)28-4)25(27)26(3)16-20-8-6-5-7-9-20/h5-15H,16-17H2,1-4H3. The van der Waals surface area contributed by atoms with Crippen molar-refractivity contribution in [2.24, 2.45) is 0 Å². The minimum absolute atomic E-state index is 0.0378. The van der Waals surface area contributed by atoms with Gasteiger partial charge in [-0.05, 0) is 60.9 Å². The SMILES string of the molecule is COc1ccc(C(=O)N(C)Cc2ccccc2)cc1COc1cc(C)cc(C)c1. The Bertz CT molecular complexity index is 962. The lowest BCUT2D eigenvalue weighted by atomic mass is 10.1. The third-order valence-corrected chi connectivity index (χ3v) is 4.73. The highest BCUT2D eigenvalue weighted by Gasteiger charge is 2.15. The average molecular weight is 389 g/mol. The second-order valence-electron chi connectivity index (χ2n) is 7.29. The van der Waals surface area contributed by atoms with E-state index in [0.717, 1.165) is 28.0 Å². The zero-order valence-electron chi connectivity index (χ0n) is 17.4. The third kappa shape index (κ3) is 5.38. The van der Waals surface area contributed by atoms with Gasteiger partial charge in [0.25, 0.3) is 5.91 Å². The van der Waals surface area contributed by atoms with Gasteiger partial charge in [-0.25, -0.2) is 0 Å². The first kappa shape index (κ1) is 20.5. The topological polar surface area (TPSA) is 38.8 Å². The van der Waals surface area contributed by atoms with Gasteiger partial charge in [-0.3, -0.25) is 4.79 Å². The Labute approximate surface area is 172 Å². The van der Waals surface area contributed by atoms with Crippen LogP contribution in [-0.2, 0) is 13.2 Å². The van der Waals surface area contributed by atoms with Gasteiger partial charge in [0.2, 0.25) is 0 Å². The summed E-state index contributed by atoms with van der Waals surface area (Å²) in [6.07, 6.45) is 0. The molecule has 0 saturated carbocycles. The number of hydrogen-bond acceptors (Lipinski definition) is 3. The maximum absolute atomic E-state index is 12.9. The van der Waals surface area contributed by atoms with E-state index in [2.05, 4.69) is 6.07 Å². The number of carbonyl (C=O) groups is 1. The fraction of sp³-hybridized carbons (Fsp3) is 0.240. The van der Waals surface area contributed by atoms with Gasteiger partial charge in [-0.15, -0.1) is 0 Å². The van der Waals surface area contributed by atoms with E-state index in [-0.39, 0.29) is 5.91 Å². The zero-order valence-corrected chi connectivity index (χ0v) is 17.4. The highest BCUT2D eigenvalue weighted by atomic mass is 16.5.